The number of carbonyl (C=O) groups is 1. The van der Waals surface area contributed by atoms with E-state index in [1.165, 1.54) is 6.08 Å². The number of hydrogen-bond acceptors (Lipinski definition) is 2. The molecule has 0 aromatic rings. The highest BCUT2D eigenvalue weighted by atomic mass is 16.5. The summed E-state index contributed by atoms with van der Waals surface area (Å²) in [5.41, 5.74) is 0. The predicted octanol–water partition coefficient (Wildman–Crippen LogP) is 0.806. The van der Waals surface area contributed by atoms with Gasteiger partial charge in [-0.05, 0) is 12.5 Å². The third kappa shape index (κ3) is 2.63. The van der Waals surface area contributed by atoms with E-state index in [-0.39, 0.29) is 5.91 Å². The zero-order valence-electron chi connectivity index (χ0n) is 6.32. The number of aliphatic imine (C=N–C) groups is 1. The number of nitrogens with zero attached hydrogens (tertiary/aromatic N) is 1. The van der Waals surface area contributed by atoms with Crippen molar-refractivity contribution in [2.45, 2.75) is 6.42 Å². The van der Waals surface area contributed by atoms with Crippen molar-refractivity contribution in [2.75, 3.05) is 13.2 Å². The van der Waals surface area contributed by atoms with Crippen LogP contribution >= 0.6 is 0 Å². The molecule has 1 aliphatic heterocycles. The van der Waals surface area contributed by atoms with Crippen molar-refractivity contribution in [3.05, 3.63) is 12.7 Å². The average molecular weight is 153 g/mol. The minimum absolute atomic E-state index is 0.281. The van der Waals surface area contributed by atoms with Gasteiger partial charge in [-0.3, -0.25) is 4.79 Å². The molecule has 3 nitrogen and oxygen atoms in total. The topological polar surface area (TPSA) is 38.7 Å². The number of amides is 1. The van der Waals surface area contributed by atoms with E-state index in [4.69, 9.17) is 4.74 Å². The summed E-state index contributed by atoms with van der Waals surface area (Å²) in [6, 6.07) is 0. The van der Waals surface area contributed by atoms with Crippen molar-refractivity contribution >= 4 is 12.1 Å². The van der Waals surface area contributed by atoms with Crippen LogP contribution in [0.5, 0.6) is 0 Å². The zero-order valence-corrected chi connectivity index (χ0v) is 6.32. The van der Waals surface area contributed by atoms with Gasteiger partial charge in [-0.25, -0.2) is 4.99 Å². The third-order valence-electron chi connectivity index (χ3n) is 1.55. The molecule has 1 unspecified atom stereocenters. The number of hydrogen-bond donors (Lipinski definition) is 0. The lowest BCUT2D eigenvalue weighted by molar-refractivity contribution is -0.113. The van der Waals surface area contributed by atoms with E-state index in [2.05, 4.69) is 11.6 Å². The zero-order chi connectivity index (χ0) is 8.10. The lowest BCUT2D eigenvalue weighted by Crippen LogP contribution is -2.01. The van der Waals surface area contributed by atoms with Crippen LogP contribution in [0, 0.1) is 5.92 Å². The minimum Gasteiger partial charge on any atom is -0.381 e. The molecule has 0 bridgehead atoms. The smallest absolute Gasteiger partial charge is 0.268 e. The van der Waals surface area contributed by atoms with Gasteiger partial charge in [-0.1, -0.05) is 6.58 Å². The van der Waals surface area contributed by atoms with Crippen molar-refractivity contribution in [2.24, 2.45) is 10.9 Å². The second-order valence-electron chi connectivity index (χ2n) is 2.44. The van der Waals surface area contributed by atoms with E-state index >= 15 is 0 Å². The van der Waals surface area contributed by atoms with Crippen molar-refractivity contribution in [1.29, 1.82) is 0 Å². The average Bonchev–Trinajstić information content (AvgIpc) is 2.52. The van der Waals surface area contributed by atoms with Crippen LogP contribution in [0.15, 0.2) is 17.6 Å². The lowest BCUT2D eigenvalue weighted by Gasteiger charge is -1.94. The molecule has 0 aliphatic carbocycles. The monoisotopic (exact) mass is 153 g/mol. The molecule has 1 aliphatic rings. The van der Waals surface area contributed by atoms with Crippen molar-refractivity contribution < 1.29 is 9.53 Å². The molecule has 3 heteroatoms. The summed E-state index contributed by atoms with van der Waals surface area (Å²) >= 11 is 0. The Morgan fingerprint density at radius 3 is 3.09 bits per heavy atom. The minimum atomic E-state index is -0.281. The maximum absolute atomic E-state index is 10.6. The first-order valence-electron chi connectivity index (χ1n) is 3.61. The predicted molar refractivity (Wildman–Crippen MR) is 42.6 cm³/mol. The van der Waals surface area contributed by atoms with Gasteiger partial charge in [0.05, 0.1) is 6.61 Å². The van der Waals surface area contributed by atoms with E-state index in [1.54, 1.807) is 6.21 Å². The highest BCUT2D eigenvalue weighted by Gasteiger charge is 2.12. The molecule has 0 spiro atoms. The summed E-state index contributed by atoms with van der Waals surface area (Å²) in [4.78, 5) is 14.3. The van der Waals surface area contributed by atoms with Gasteiger partial charge >= 0.3 is 0 Å². The maximum Gasteiger partial charge on any atom is 0.268 e. The molecule has 1 saturated heterocycles. The van der Waals surface area contributed by atoms with E-state index in [1.807, 2.05) is 0 Å². The Balaban J connectivity index is 2.33. The molecule has 0 radical (unpaired) electrons. The lowest BCUT2D eigenvalue weighted by atomic mass is 10.1. The van der Waals surface area contributed by atoms with Crippen LogP contribution in [0.1, 0.15) is 6.42 Å². The van der Waals surface area contributed by atoms with Crippen molar-refractivity contribution in [3.63, 3.8) is 0 Å². The van der Waals surface area contributed by atoms with Crippen molar-refractivity contribution in [1.82, 2.24) is 0 Å². The molecule has 0 saturated carbocycles. The number of carbonyl (C=O) groups excluding carboxylic acids is 1. The van der Waals surface area contributed by atoms with Gasteiger partial charge in [0, 0.05) is 18.7 Å². The fourth-order valence-corrected chi connectivity index (χ4v) is 0.902. The van der Waals surface area contributed by atoms with Gasteiger partial charge in [0.2, 0.25) is 0 Å². The Labute approximate surface area is 65.8 Å². The molecular formula is C8H11NO2. The van der Waals surface area contributed by atoms with Crippen molar-refractivity contribution in [3.8, 4) is 0 Å². The van der Waals surface area contributed by atoms with Gasteiger partial charge in [0.1, 0.15) is 0 Å². The second-order valence-corrected chi connectivity index (χ2v) is 2.44. The Morgan fingerprint density at radius 1 is 1.73 bits per heavy atom. The summed E-state index contributed by atoms with van der Waals surface area (Å²) in [5, 5.41) is 0. The highest BCUT2D eigenvalue weighted by Crippen LogP contribution is 2.09. The van der Waals surface area contributed by atoms with E-state index in [9.17, 15) is 4.79 Å². The fourth-order valence-electron chi connectivity index (χ4n) is 0.902. The Kier molecular flexibility index (Phi) is 2.98. The molecule has 0 aromatic carbocycles. The Hall–Kier alpha value is -0.960. The molecule has 60 valence electrons. The fraction of sp³-hybridized carbons (Fsp3) is 0.500. The first-order valence-corrected chi connectivity index (χ1v) is 3.61. The molecule has 1 fully saturated rings. The van der Waals surface area contributed by atoms with Gasteiger partial charge in [0.25, 0.3) is 5.91 Å². The standard InChI is InChI=1S/C8H11NO2/c1-2-8(10)9-5-7-3-4-11-6-7/h2,5,7H,1,3-4,6H2/b9-5-. The van der Waals surface area contributed by atoms with Crippen LogP contribution in [0.2, 0.25) is 0 Å². The van der Waals surface area contributed by atoms with E-state index in [0.717, 1.165) is 13.0 Å². The largest absolute Gasteiger partial charge is 0.381 e. The summed E-state index contributed by atoms with van der Waals surface area (Å²) in [6.45, 7) is 4.78. The normalized spacial score (nSPS) is 24.2. The molecule has 11 heavy (non-hydrogen) atoms. The first kappa shape index (κ1) is 8.14. The van der Waals surface area contributed by atoms with Crippen LogP contribution in [-0.2, 0) is 9.53 Å². The van der Waals surface area contributed by atoms with Gasteiger partial charge in [-0.2, -0.15) is 0 Å². The summed E-state index contributed by atoms with van der Waals surface area (Å²) in [7, 11) is 0. The van der Waals surface area contributed by atoms with Crippen LogP contribution in [0.4, 0.5) is 0 Å². The molecule has 0 aromatic heterocycles. The molecule has 1 heterocycles. The van der Waals surface area contributed by atoms with E-state index in [0.29, 0.717) is 12.5 Å². The summed E-state index contributed by atoms with van der Waals surface area (Å²) in [5.74, 6) is 0.0378. The Bertz CT molecular complexity index is 181. The van der Waals surface area contributed by atoms with Crippen LogP contribution in [0.3, 0.4) is 0 Å². The number of rotatable bonds is 2. The van der Waals surface area contributed by atoms with Crippen LogP contribution in [-0.4, -0.2) is 25.3 Å². The molecule has 1 atom stereocenters. The first-order chi connectivity index (χ1) is 5.33. The van der Waals surface area contributed by atoms with Crippen LogP contribution < -0.4 is 0 Å². The molecule has 1 amide bonds. The van der Waals surface area contributed by atoms with Gasteiger partial charge in [0.15, 0.2) is 0 Å². The van der Waals surface area contributed by atoms with E-state index < -0.39 is 0 Å². The third-order valence-corrected chi connectivity index (χ3v) is 1.55. The molecular weight excluding hydrogens is 142 g/mol. The Morgan fingerprint density at radius 2 is 2.55 bits per heavy atom. The van der Waals surface area contributed by atoms with Gasteiger partial charge in [-0.15, -0.1) is 0 Å². The summed E-state index contributed by atoms with van der Waals surface area (Å²) < 4.78 is 5.09. The highest BCUT2D eigenvalue weighted by molar-refractivity contribution is 5.93. The molecule has 0 N–H and O–H groups in total. The van der Waals surface area contributed by atoms with Crippen LogP contribution in [0.25, 0.3) is 0 Å². The van der Waals surface area contributed by atoms with Gasteiger partial charge < -0.3 is 4.74 Å². The second kappa shape index (κ2) is 4.03. The quantitative estimate of drug-likeness (QED) is 0.435. The maximum atomic E-state index is 10.6. The SMILES string of the molecule is C=CC(=O)/N=C\C1CCOC1. The summed E-state index contributed by atoms with van der Waals surface area (Å²) in [6.07, 6.45) is 3.82. The number of ether oxygens (including phenoxy) is 1. The molecule has 1 rings (SSSR count).